The van der Waals surface area contributed by atoms with Crippen molar-refractivity contribution in [3.63, 3.8) is 0 Å². The van der Waals surface area contributed by atoms with Gasteiger partial charge in [0.15, 0.2) is 0 Å². The fourth-order valence-corrected chi connectivity index (χ4v) is 8.64. The van der Waals surface area contributed by atoms with Crippen molar-refractivity contribution in [2.75, 3.05) is 5.33 Å². The van der Waals surface area contributed by atoms with Gasteiger partial charge >= 0.3 is 77.5 Å². The summed E-state index contributed by atoms with van der Waals surface area (Å²) in [6.45, 7) is 0. The van der Waals surface area contributed by atoms with E-state index in [9.17, 15) is 0 Å². The zero-order chi connectivity index (χ0) is 5.98. The SMILES string of the molecule is BrCC1SC(Br)C[Se]1. The number of hydrogen-bond acceptors (Lipinski definition) is 1. The van der Waals surface area contributed by atoms with Crippen LogP contribution >= 0.6 is 43.6 Å². The van der Waals surface area contributed by atoms with Gasteiger partial charge in [-0.05, 0) is 0 Å². The molecule has 1 fully saturated rings. The Labute approximate surface area is 77.0 Å². The summed E-state index contributed by atoms with van der Waals surface area (Å²) in [6, 6.07) is 0. The monoisotopic (exact) mass is 324 g/mol. The van der Waals surface area contributed by atoms with E-state index in [0.717, 1.165) is 23.3 Å². The van der Waals surface area contributed by atoms with E-state index in [4.69, 9.17) is 0 Å². The number of halogens is 2. The molecule has 1 heterocycles. The molecule has 48 valence electrons. The Bertz CT molecular complexity index is 80.4. The molecule has 0 N–H and O–H groups in total. The minimum atomic E-state index is 0.755. The zero-order valence-electron chi connectivity index (χ0n) is 4.14. The van der Waals surface area contributed by atoms with Gasteiger partial charge in [-0.3, -0.25) is 0 Å². The van der Waals surface area contributed by atoms with Crippen LogP contribution in [0.3, 0.4) is 0 Å². The molecule has 0 aromatic carbocycles. The Hall–Kier alpha value is 1.83. The Morgan fingerprint density at radius 2 is 2.50 bits per heavy atom. The standard InChI is InChI=1S/C4H6Br2SSe/c5-1-4-7-3(6)2-8-4/h3-4H,1-2H2. The zero-order valence-corrected chi connectivity index (χ0v) is 9.84. The van der Waals surface area contributed by atoms with Gasteiger partial charge in [0.05, 0.1) is 0 Å². The first kappa shape index (κ1) is 7.93. The molecule has 1 aliphatic heterocycles. The molecule has 0 radical (unpaired) electrons. The van der Waals surface area contributed by atoms with Gasteiger partial charge in [0, 0.05) is 0 Å². The Morgan fingerprint density at radius 1 is 1.75 bits per heavy atom. The van der Waals surface area contributed by atoms with Gasteiger partial charge in [-0.15, -0.1) is 0 Å². The molecule has 1 rings (SSSR count). The van der Waals surface area contributed by atoms with E-state index in [-0.39, 0.29) is 0 Å². The quantitative estimate of drug-likeness (QED) is 0.527. The predicted octanol–water partition coefficient (Wildman–Crippen LogP) is 2.30. The molecular weight excluding hydrogens is 319 g/mol. The Kier molecular flexibility index (Phi) is 3.83. The van der Waals surface area contributed by atoms with Gasteiger partial charge < -0.3 is 0 Å². The molecule has 4 heteroatoms. The topological polar surface area (TPSA) is 0 Å². The van der Waals surface area contributed by atoms with Crippen LogP contribution in [0.25, 0.3) is 0 Å². The predicted molar refractivity (Wildman–Crippen MR) is 48.4 cm³/mol. The number of rotatable bonds is 1. The fraction of sp³-hybridized carbons (Fsp3) is 1.00. The van der Waals surface area contributed by atoms with Crippen LogP contribution in [-0.2, 0) is 0 Å². The summed E-state index contributed by atoms with van der Waals surface area (Å²) in [4.78, 5) is 0. The number of thioether (sulfide) groups is 1. The number of hydrogen-bond donors (Lipinski definition) is 0. The second-order valence-corrected chi connectivity index (χ2v) is 8.50. The van der Waals surface area contributed by atoms with Crippen molar-refractivity contribution in [3.05, 3.63) is 0 Å². The van der Waals surface area contributed by atoms with Crippen LogP contribution in [0, 0.1) is 0 Å². The molecule has 0 amide bonds. The van der Waals surface area contributed by atoms with Crippen LogP contribution < -0.4 is 0 Å². The molecule has 0 nitrogen and oxygen atoms in total. The van der Waals surface area contributed by atoms with Crippen molar-refractivity contribution in [2.45, 2.75) is 13.6 Å². The average Bonchev–Trinajstić information content (AvgIpc) is 2.14. The maximum absolute atomic E-state index is 3.58. The molecule has 0 aromatic heterocycles. The third-order valence-corrected chi connectivity index (χ3v) is 9.86. The first-order chi connectivity index (χ1) is 3.83. The molecule has 2 atom stereocenters. The Morgan fingerprint density at radius 3 is 2.75 bits per heavy atom. The van der Waals surface area contributed by atoms with Crippen LogP contribution in [0.5, 0.6) is 0 Å². The van der Waals surface area contributed by atoms with E-state index >= 15 is 0 Å². The van der Waals surface area contributed by atoms with Crippen molar-refractivity contribution in [1.82, 2.24) is 0 Å². The van der Waals surface area contributed by atoms with E-state index in [1.165, 1.54) is 10.6 Å². The molecule has 8 heavy (non-hydrogen) atoms. The van der Waals surface area contributed by atoms with E-state index in [2.05, 4.69) is 43.6 Å². The molecule has 1 aliphatic rings. The van der Waals surface area contributed by atoms with Crippen LogP contribution in [0.4, 0.5) is 0 Å². The van der Waals surface area contributed by atoms with E-state index < -0.39 is 0 Å². The van der Waals surface area contributed by atoms with E-state index in [0.29, 0.717) is 0 Å². The van der Waals surface area contributed by atoms with Crippen LogP contribution in [0.2, 0.25) is 5.32 Å². The van der Waals surface area contributed by atoms with Gasteiger partial charge in [0.25, 0.3) is 0 Å². The van der Waals surface area contributed by atoms with Gasteiger partial charge in [-0.1, -0.05) is 0 Å². The number of alkyl halides is 2. The van der Waals surface area contributed by atoms with Crippen LogP contribution in [0.15, 0.2) is 0 Å². The molecular formula is C4H6Br2SSe. The summed E-state index contributed by atoms with van der Waals surface area (Å²) in [5.74, 6) is 0. The van der Waals surface area contributed by atoms with Crippen molar-refractivity contribution >= 4 is 58.6 Å². The Balaban J connectivity index is 2.22. The minimum absolute atomic E-state index is 0.755. The summed E-state index contributed by atoms with van der Waals surface area (Å²) in [5, 5.41) is 2.58. The van der Waals surface area contributed by atoms with E-state index in [1.807, 2.05) is 0 Å². The van der Waals surface area contributed by atoms with Gasteiger partial charge in [0.2, 0.25) is 0 Å². The van der Waals surface area contributed by atoms with Gasteiger partial charge in [0.1, 0.15) is 0 Å². The third kappa shape index (κ3) is 2.22. The van der Waals surface area contributed by atoms with Gasteiger partial charge in [-0.25, -0.2) is 0 Å². The molecule has 0 spiro atoms. The van der Waals surface area contributed by atoms with Crippen molar-refractivity contribution in [2.24, 2.45) is 0 Å². The molecule has 0 bridgehead atoms. The van der Waals surface area contributed by atoms with Crippen molar-refractivity contribution < 1.29 is 0 Å². The summed E-state index contributed by atoms with van der Waals surface area (Å²) in [6.07, 6.45) is 0. The second-order valence-electron chi connectivity index (χ2n) is 1.46. The normalized spacial score (nSPS) is 38.2. The van der Waals surface area contributed by atoms with Crippen LogP contribution in [-0.4, -0.2) is 28.6 Å². The molecule has 2 unspecified atom stereocenters. The first-order valence-corrected chi connectivity index (χ1v) is 7.48. The van der Waals surface area contributed by atoms with E-state index in [1.54, 1.807) is 0 Å². The van der Waals surface area contributed by atoms with Crippen molar-refractivity contribution in [1.29, 1.82) is 0 Å². The maximum atomic E-state index is 3.58. The molecule has 0 saturated carbocycles. The van der Waals surface area contributed by atoms with Gasteiger partial charge in [-0.2, -0.15) is 0 Å². The van der Waals surface area contributed by atoms with Crippen LogP contribution in [0.1, 0.15) is 0 Å². The summed E-state index contributed by atoms with van der Waals surface area (Å²) in [5.41, 5.74) is 0. The van der Waals surface area contributed by atoms with Crippen molar-refractivity contribution in [3.8, 4) is 0 Å². The molecule has 1 saturated heterocycles. The fourth-order valence-electron chi connectivity index (χ4n) is 0.507. The summed E-state index contributed by atoms with van der Waals surface area (Å²) >= 11 is 10.00. The second kappa shape index (κ2) is 3.87. The molecule has 0 aromatic rings. The molecule has 0 aliphatic carbocycles. The first-order valence-electron chi connectivity index (χ1n) is 2.30. The average molecular weight is 325 g/mol. The third-order valence-electron chi connectivity index (χ3n) is 0.839. The summed E-state index contributed by atoms with van der Waals surface area (Å²) < 4.78 is 1.68. The summed E-state index contributed by atoms with van der Waals surface area (Å²) in [7, 11) is 0.